The fraction of sp³-hybridized carbons (Fsp3) is 0.389. The molecule has 24 heavy (non-hydrogen) atoms. The highest BCUT2D eigenvalue weighted by Gasteiger charge is 2.32. The number of imidazole rings is 1. The largest absolute Gasteiger partial charge is 0.327 e. The third kappa shape index (κ3) is 2.29. The zero-order valence-electron chi connectivity index (χ0n) is 14.0. The molecule has 1 unspecified atom stereocenters. The van der Waals surface area contributed by atoms with Crippen LogP contribution in [-0.2, 0) is 18.4 Å². The van der Waals surface area contributed by atoms with E-state index in [1.807, 2.05) is 31.4 Å². The first kappa shape index (κ1) is 14.9. The fourth-order valence-corrected chi connectivity index (χ4v) is 3.48. The van der Waals surface area contributed by atoms with Crippen molar-refractivity contribution in [2.45, 2.75) is 38.6 Å². The summed E-state index contributed by atoms with van der Waals surface area (Å²) >= 11 is 0. The molecule has 4 rings (SSSR count). The van der Waals surface area contributed by atoms with Gasteiger partial charge in [0.2, 0.25) is 5.91 Å². The van der Waals surface area contributed by atoms with Gasteiger partial charge in [0.1, 0.15) is 11.6 Å². The highest BCUT2D eigenvalue weighted by Crippen LogP contribution is 2.37. The van der Waals surface area contributed by atoms with Crippen LogP contribution in [0.25, 0.3) is 11.0 Å². The molecular weight excluding hydrogens is 302 g/mol. The van der Waals surface area contributed by atoms with Gasteiger partial charge in [-0.25, -0.2) is 4.98 Å². The molecule has 1 aliphatic heterocycles. The molecule has 3 heterocycles. The van der Waals surface area contributed by atoms with E-state index < -0.39 is 0 Å². The molecule has 0 radical (unpaired) electrons. The first-order valence-corrected chi connectivity index (χ1v) is 8.46. The molecule has 0 spiro atoms. The van der Waals surface area contributed by atoms with Gasteiger partial charge in [0.05, 0.1) is 23.1 Å². The smallest absolute Gasteiger partial charge is 0.226 e. The number of benzene rings is 1. The van der Waals surface area contributed by atoms with Crippen LogP contribution in [-0.4, -0.2) is 25.2 Å². The van der Waals surface area contributed by atoms with Crippen molar-refractivity contribution in [2.75, 3.05) is 5.32 Å². The average Bonchev–Trinajstić information content (AvgIpc) is 3.13. The molecule has 6 heteroatoms. The van der Waals surface area contributed by atoms with Crippen molar-refractivity contribution in [2.24, 2.45) is 7.05 Å². The van der Waals surface area contributed by atoms with Crippen molar-refractivity contribution < 1.29 is 4.79 Å². The maximum atomic E-state index is 12.2. The molecule has 1 aromatic carbocycles. The SMILES string of the molecule is CCCCn1c(C2CC(=O)Nc3c2cnn3C)nc2ccccc21. The summed E-state index contributed by atoms with van der Waals surface area (Å²) in [6, 6.07) is 8.19. The molecule has 1 aliphatic rings. The number of aromatic nitrogens is 4. The Balaban J connectivity index is 1.88. The van der Waals surface area contributed by atoms with Gasteiger partial charge in [-0.3, -0.25) is 9.48 Å². The number of aryl methyl sites for hydroxylation is 2. The van der Waals surface area contributed by atoms with E-state index in [-0.39, 0.29) is 11.8 Å². The lowest BCUT2D eigenvalue weighted by atomic mass is 9.93. The van der Waals surface area contributed by atoms with Crippen LogP contribution >= 0.6 is 0 Å². The topological polar surface area (TPSA) is 64.7 Å². The minimum atomic E-state index is -0.0493. The molecule has 0 fully saturated rings. The Kier molecular flexibility index (Phi) is 3.59. The number of nitrogens with one attached hydrogen (secondary N) is 1. The van der Waals surface area contributed by atoms with Gasteiger partial charge in [-0.15, -0.1) is 0 Å². The number of carbonyl (C=O) groups excluding carboxylic acids is 1. The van der Waals surface area contributed by atoms with Crippen molar-refractivity contribution in [1.82, 2.24) is 19.3 Å². The number of rotatable bonds is 4. The standard InChI is InChI=1S/C18H21N5O/c1-3-4-9-23-15-8-6-5-7-14(15)20-18(23)12-10-16(24)21-17-13(12)11-19-22(17)2/h5-8,11-12H,3-4,9-10H2,1-2H3,(H,21,24). The summed E-state index contributed by atoms with van der Waals surface area (Å²) < 4.78 is 4.00. The van der Waals surface area contributed by atoms with Crippen LogP contribution in [0.5, 0.6) is 0 Å². The summed E-state index contributed by atoms with van der Waals surface area (Å²) in [7, 11) is 1.85. The molecule has 0 saturated heterocycles. The van der Waals surface area contributed by atoms with E-state index in [0.717, 1.165) is 47.6 Å². The quantitative estimate of drug-likeness (QED) is 0.802. The van der Waals surface area contributed by atoms with Gasteiger partial charge in [-0.2, -0.15) is 5.10 Å². The third-order valence-corrected chi connectivity index (χ3v) is 4.72. The van der Waals surface area contributed by atoms with E-state index in [9.17, 15) is 4.79 Å². The van der Waals surface area contributed by atoms with Crippen molar-refractivity contribution in [3.05, 3.63) is 41.9 Å². The van der Waals surface area contributed by atoms with E-state index in [2.05, 4.69) is 28.0 Å². The summed E-state index contributed by atoms with van der Waals surface area (Å²) in [6.45, 7) is 3.10. The van der Waals surface area contributed by atoms with Gasteiger partial charge in [-0.05, 0) is 18.6 Å². The van der Waals surface area contributed by atoms with Crippen LogP contribution in [0.15, 0.2) is 30.5 Å². The number of hydrogen-bond donors (Lipinski definition) is 1. The van der Waals surface area contributed by atoms with Gasteiger partial charge in [0, 0.05) is 25.6 Å². The Hall–Kier alpha value is -2.63. The Labute approximate surface area is 140 Å². The fourth-order valence-electron chi connectivity index (χ4n) is 3.48. The minimum absolute atomic E-state index is 0.0187. The van der Waals surface area contributed by atoms with Crippen LogP contribution in [0, 0.1) is 0 Å². The van der Waals surface area contributed by atoms with Gasteiger partial charge in [-0.1, -0.05) is 25.5 Å². The Morgan fingerprint density at radius 3 is 3.00 bits per heavy atom. The number of hydrogen-bond acceptors (Lipinski definition) is 3. The van der Waals surface area contributed by atoms with Crippen LogP contribution < -0.4 is 5.32 Å². The summed E-state index contributed by atoms with van der Waals surface area (Å²) in [6.07, 6.45) is 4.47. The monoisotopic (exact) mass is 323 g/mol. The Morgan fingerprint density at radius 1 is 1.33 bits per heavy atom. The predicted octanol–water partition coefficient (Wildman–Crippen LogP) is 3.04. The van der Waals surface area contributed by atoms with Crippen molar-refractivity contribution in [3.63, 3.8) is 0 Å². The predicted molar refractivity (Wildman–Crippen MR) is 92.9 cm³/mol. The first-order valence-electron chi connectivity index (χ1n) is 8.46. The van der Waals surface area contributed by atoms with Crippen LogP contribution in [0.4, 0.5) is 5.82 Å². The number of para-hydroxylation sites is 2. The van der Waals surface area contributed by atoms with Crippen molar-refractivity contribution in [3.8, 4) is 0 Å². The maximum Gasteiger partial charge on any atom is 0.226 e. The molecule has 3 aromatic rings. The second-order valence-corrected chi connectivity index (χ2v) is 6.34. The van der Waals surface area contributed by atoms with E-state index in [0.29, 0.717) is 6.42 Å². The summed E-state index contributed by atoms with van der Waals surface area (Å²) in [5.41, 5.74) is 3.17. The maximum absolute atomic E-state index is 12.2. The summed E-state index contributed by atoms with van der Waals surface area (Å²) in [5.74, 6) is 1.72. The lowest BCUT2D eigenvalue weighted by Crippen LogP contribution is -2.26. The first-order chi connectivity index (χ1) is 11.7. The van der Waals surface area contributed by atoms with Gasteiger partial charge < -0.3 is 9.88 Å². The molecular formula is C18H21N5O. The highest BCUT2D eigenvalue weighted by atomic mass is 16.1. The van der Waals surface area contributed by atoms with E-state index in [1.165, 1.54) is 0 Å². The highest BCUT2D eigenvalue weighted by molar-refractivity contribution is 5.94. The molecule has 6 nitrogen and oxygen atoms in total. The average molecular weight is 323 g/mol. The Morgan fingerprint density at radius 2 is 2.17 bits per heavy atom. The van der Waals surface area contributed by atoms with E-state index in [1.54, 1.807) is 4.68 Å². The molecule has 0 bridgehead atoms. The lowest BCUT2D eigenvalue weighted by Gasteiger charge is -2.23. The number of amides is 1. The number of nitrogens with zero attached hydrogens (tertiary/aromatic N) is 4. The molecule has 1 amide bonds. The molecule has 0 saturated carbocycles. The van der Waals surface area contributed by atoms with Crippen LogP contribution in [0.1, 0.15) is 43.5 Å². The van der Waals surface area contributed by atoms with Crippen molar-refractivity contribution in [1.29, 1.82) is 0 Å². The van der Waals surface area contributed by atoms with E-state index >= 15 is 0 Å². The zero-order chi connectivity index (χ0) is 16.7. The van der Waals surface area contributed by atoms with Gasteiger partial charge in [0.25, 0.3) is 0 Å². The van der Waals surface area contributed by atoms with Crippen molar-refractivity contribution >= 4 is 22.8 Å². The number of anilines is 1. The molecule has 124 valence electrons. The zero-order valence-corrected chi connectivity index (χ0v) is 14.0. The second kappa shape index (κ2) is 5.78. The normalized spacial score (nSPS) is 17.1. The molecule has 0 aliphatic carbocycles. The molecule has 2 aromatic heterocycles. The minimum Gasteiger partial charge on any atom is -0.327 e. The van der Waals surface area contributed by atoms with Crippen LogP contribution in [0.2, 0.25) is 0 Å². The van der Waals surface area contributed by atoms with Crippen LogP contribution in [0.3, 0.4) is 0 Å². The molecule has 1 N–H and O–H groups in total. The summed E-state index contributed by atoms with van der Waals surface area (Å²) in [4.78, 5) is 17.1. The summed E-state index contributed by atoms with van der Waals surface area (Å²) in [5, 5.41) is 7.25. The van der Waals surface area contributed by atoms with Gasteiger partial charge >= 0.3 is 0 Å². The number of carbonyl (C=O) groups is 1. The molecule has 1 atom stereocenters. The third-order valence-electron chi connectivity index (χ3n) is 4.72. The second-order valence-electron chi connectivity index (χ2n) is 6.34. The lowest BCUT2D eigenvalue weighted by molar-refractivity contribution is -0.116. The van der Waals surface area contributed by atoms with E-state index in [4.69, 9.17) is 4.98 Å². The Bertz CT molecular complexity index is 907. The van der Waals surface area contributed by atoms with Gasteiger partial charge in [0.15, 0.2) is 0 Å². The number of unbranched alkanes of at least 4 members (excludes halogenated alkanes) is 1. The number of fused-ring (bicyclic) bond motifs is 2.